The fourth-order valence-corrected chi connectivity index (χ4v) is 3.05. The molecule has 0 bridgehead atoms. The number of nitro groups is 1. The molecule has 0 fully saturated rings. The van der Waals surface area contributed by atoms with Crippen molar-refractivity contribution in [2.75, 3.05) is 5.73 Å². The summed E-state index contributed by atoms with van der Waals surface area (Å²) in [6.45, 7) is 1.78. The van der Waals surface area contributed by atoms with E-state index in [1.54, 1.807) is 13.0 Å². The second kappa shape index (κ2) is 5.22. The number of halogens is 2. The first-order valence-electron chi connectivity index (χ1n) is 6.13. The van der Waals surface area contributed by atoms with Crippen LogP contribution in [-0.4, -0.2) is 19.5 Å². The van der Waals surface area contributed by atoms with Crippen LogP contribution in [0.1, 0.15) is 5.56 Å². The summed E-state index contributed by atoms with van der Waals surface area (Å²) in [6, 6.07) is 4.58. The fourth-order valence-electron chi connectivity index (χ4n) is 2.21. The molecule has 3 rings (SSSR count). The van der Waals surface area contributed by atoms with Crippen molar-refractivity contribution in [3.8, 4) is 11.3 Å². The fraction of sp³-hybridized carbons (Fsp3) is 0.0769. The molecular weight excluding hydrogens is 374 g/mol. The van der Waals surface area contributed by atoms with Crippen molar-refractivity contribution in [3.05, 3.63) is 49.7 Å². The van der Waals surface area contributed by atoms with Crippen molar-refractivity contribution in [1.82, 2.24) is 14.6 Å². The highest BCUT2D eigenvalue weighted by Crippen LogP contribution is 2.36. The minimum Gasteiger partial charge on any atom is -0.382 e. The van der Waals surface area contributed by atoms with E-state index in [2.05, 4.69) is 26.0 Å². The molecule has 0 saturated carbocycles. The Morgan fingerprint density at radius 2 is 2.18 bits per heavy atom. The second-order valence-electron chi connectivity index (χ2n) is 4.65. The Balaban J connectivity index is 2.27. The number of nitrogens with zero attached hydrogens (tertiary/aromatic N) is 4. The number of nitrogen functional groups attached to an aromatic ring is 1. The number of benzene rings is 1. The number of rotatable bonds is 2. The van der Waals surface area contributed by atoms with Crippen molar-refractivity contribution in [1.29, 1.82) is 0 Å². The van der Waals surface area contributed by atoms with Gasteiger partial charge in [-0.15, -0.1) is 0 Å². The Labute approximate surface area is 138 Å². The molecule has 2 N–H and O–H groups in total. The van der Waals surface area contributed by atoms with Crippen LogP contribution in [0.2, 0.25) is 5.15 Å². The average Bonchev–Trinajstić information content (AvgIpc) is 2.82. The van der Waals surface area contributed by atoms with Gasteiger partial charge >= 0.3 is 0 Å². The van der Waals surface area contributed by atoms with Gasteiger partial charge in [-0.25, -0.2) is 9.50 Å². The van der Waals surface area contributed by atoms with Crippen LogP contribution in [-0.2, 0) is 0 Å². The van der Waals surface area contributed by atoms with Gasteiger partial charge in [0.2, 0.25) is 0 Å². The van der Waals surface area contributed by atoms with E-state index in [-0.39, 0.29) is 11.5 Å². The molecule has 0 radical (unpaired) electrons. The largest absolute Gasteiger partial charge is 0.382 e. The zero-order chi connectivity index (χ0) is 16.0. The van der Waals surface area contributed by atoms with Gasteiger partial charge in [-0.2, -0.15) is 5.10 Å². The van der Waals surface area contributed by atoms with Gasteiger partial charge in [0.1, 0.15) is 16.4 Å². The first-order valence-corrected chi connectivity index (χ1v) is 7.31. The Morgan fingerprint density at radius 1 is 1.45 bits per heavy atom. The number of aryl methyl sites for hydroxylation is 1. The lowest BCUT2D eigenvalue weighted by molar-refractivity contribution is -0.384. The van der Waals surface area contributed by atoms with Crippen molar-refractivity contribution in [3.63, 3.8) is 0 Å². The molecule has 0 aliphatic heterocycles. The molecule has 0 amide bonds. The predicted octanol–water partition coefficient (Wildman–Crippen LogP) is 3.61. The number of aromatic nitrogens is 3. The number of hydrogen-bond acceptors (Lipinski definition) is 5. The summed E-state index contributed by atoms with van der Waals surface area (Å²) in [4.78, 5) is 14.4. The summed E-state index contributed by atoms with van der Waals surface area (Å²) in [5.74, 6) is 0.287. The lowest BCUT2D eigenvalue weighted by Crippen LogP contribution is -1.97. The Morgan fingerprint density at radius 3 is 2.77 bits per heavy atom. The minimum absolute atomic E-state index is 0.0281. The summed E-state index contributed by atoms with van der Waals surface area (Å²) < 4.78 is 2.11. The topological polar surface area (TPSA) is 99.3 Å². The maximum atomic E-state index is 10.8. The molecule has 0 atom stereocenters. The Bertz CT molecular complexity index is 924. The molecule has 2 heterocycles. The van der Waals surface area contributed by atoms with E-state index in [0.29, 0.717) is 20.8 Å². The third-order valence-corrected chi connectivity index (χ3v) is 4.27. The third kappa shape index (κ3) is 2.20. The molecule has 3 aromatic rings. The maximum Gasteiger partial charge on any atom is 0.269 e. The highest BCUT2D eigenvalue weighted by molar-refractivity contribution is 9.10. The van der Waals surface area contributed by atoms with E-state index >= 15 is 0 Å². The van der Waals surface area contributed by atoms with Crippen LogP contribution in [0, 0.1) is 17.0 Å². The van der Waals surface area contributed by atoms with Crippen LogP contribution in [0.15, 0.2) is 28.9 Å². The molecule has 0 spiro atoms. The highest BCUT2D eigenvalue weighted by atomic mass is 79.9. The molecule has 112 valence electrons. The maximum absolute atomic E-state index is 10.8. The summed E-state index contributed by atoms with van der Waals surface area (Å²) in [6.07, 6.45) is 1.41. The SMILES string of the molecule is Cc1cc([N+](=O)[O-])ccc1-c1nn2c(Cl)cnc(N)c2c1Br. The number of anilines is 1. The van der Waals surface area contributed by atoms with Crippen molar-refractivity contribution in [2.24, 2.45) is 0 Å². The van der Waals surface area contributed by atoms with E-state index in [1.165, 1.54) is 22.8 Å². The van der Waals surface area contributed by atoms with Gasteiger partial charge in [-0.1, -0.05) is 11.6 Å². The summed E-state index contributed by atoms with van der Waals surface area (Å²) in [5, 5.41) is 15.6. The van der Waals surface area contributed by atoms with Crippen molar-refractivity contribution >= 4 is 44.6 Å². The van der Waals surface area contributed by atoms with E-state index < -0.39 is 4.92 Å². The van der Waals surface area contributed by atoms with Crippen LogP contribution < -0.4 is 5.73 Å². The monoisotopic (exact) mass is 381 g/mol. The number of non-ortho nitro benzene ring substituents is 1. The van der Waals surface area contributed by atoms with Crippen molar-refractivity contribution < 1.29 is 4.92 Å². The predicted molar refractivity (Wildman–Crippen MR) is 86.9 cm³/mol. The van der Waals surface area contributed by atoms with Crippen LogP contribution in [0.5, 0.6) is 0 Å². The summed E-state index contributed by atoms with van der Waals surface area (Å²) in [7, 11) is 0. The van der Waals surface area contributed by atoms with Crippen LogP contribution >= 0.6 is 27.5 Å². The molecular formula is C13H9BrClN5O2. The summed E-state index contributed by atoms with van der Waals surface area (Å²) in [5.41, 5.74) is 8.51. The minimum atomic E-state index is -0.436. The molecule has 0 unspecified atom stereocenters. The van der Waals surface area contributed by atoms with Gasteiger partial charge in [0, 0.05) is 17.7 Å². The average molecular weight is 383 g/mol. The lowest BCUT2D eigenvalue weighted by atomic mass is 10.1. The van der Waals surface area contributed by atoms with Gasteiger partial charge in [0.05, 0.1) is 15.6 Å². The quantitative estimate of drug-likeness (QED) is 0.539. The van der Waals surface area contributed by atoms with Gasteiger partial charge in [0.25, 0.3) is 5.69 Å². The third-order valence-electron chi connectivity index (χ3n) is 3.26. The number of hydrogen-bond donors (Lipinski definition) is 1. The van der Waals surface area contributed by atoms with Crippen LogP contribution in [0.4, 0.5) is 11.5 Å². The normalized spacial score (nSPS) is 11.0. The van der Waals surface area contributed by atoms with E-state index in [9.17, 15) is 10.1 Å². The Hall–Kier alpha value is -2.19. The smallest absolute Gasteiger partial charge is 0.269 e. The lowest BCUT2D eigenvalue weighted by Gasteiger charge is -2.02. The van der Waals surface area contributed by atoms with Gasteiger partial charge in [-0.05, 0) is 34.5 Å². The van der Waals surface area contributed by atoms with Crippen LogP contribution in [0.3, 0.4) is 0 Å². The zero-order valence-corrected chi connectivity index (χ0v) is 13.6. The molecule has 2 aromatic heterocycles. The standard InChI is InChI=1S/C13H9BrClN5O2/c1-6-4-7(20(21)22)2-3-8(6)11-10(14)12-13(16)17-5-9(15)19(12)18-11/h2-5H,1H3,(H2,16,17). The zero-order valence-electron chi connectivity index (χ0n) is 11.2. The molecule has 7 nitrogen and oxygen atoms in total. The van der Waals surface area contributed by atoms with E-state index in [1.807, 2.05) is 0 Å². The molecule has 0 aliphatic carbocycles. The molecule has 22 heavy (non-hydrogen) atoms. The van der Waals surface area contributed by atoms with Gasteiger partial charge < -0.3 is 5.73 Å². The molecule has 1 aromatic carbocycles. The Kier molecular flexibility index (Phi) is 3.50. The number of nitrogens with two attached hydrogens (primary N) is 1. The first kappa shape index (κ1) is 14.7. The van der Waals surface area contributed by atoms with Gasteiger partial charge in [0.15, 0.2) is 5.82 Å². The first-order chi connectivity index (χ1) is 10.4. The molecule has 9 heteroatoms. The van der Waals surface area contributed by atoms with E-state index in [0.717, 1.165) is 11.1 Å². The number of fused-ring (bicyclic) bond motifs is 1. The van der Waals surface area contributed by atoms with Crippen molar-refractivity contribution in [2.45, 2.75) is 6.92 Å². The molecule has 0 saturated heterocycles. The van der Waals surface area contributed by atoms with Crippen LogP contribution in [0.25, 0.3) is 16.8 Å². The number of nitro benzene ring substituents is 1. The molecule has 0 aliphatic rings. The summed E-state index contributed by atoms with van der Waals surface area (Å²) >= 11 is 9.54. The van der Waals surface area contributed by atoms with Gasteiger partial charge in [-0.3, -0.25) is 10.1 Å². The van der Waals surface area contributed by atoms with E-state index in [4.69, 9.17) is 17.3 Å². The second-order valence-corrected chi connectivity index (χ2v) is 5.83. The highest BCUT2D eigenvalue weighted by Gasteiger charge is 2.19.